The van der Waals surface area contributed by atoms with E-state index in [1.165, 1.54) is 11.0 Å². The van der Waals surface area contributed by atoms with Crippen molar-refractivity contribution >= 4 is 17.5 Å². The molecule has 0 spiro atoms. The Morgan fingerprint density at radius 2 is 2.17 bits per heavy atom. The molecule has 1 saturated carbocycles. The van der Waals surface area contributed by atoms with E-state index in [1.807, 2.05) is 4.90 Å². The number of hydrogen-bond donors (Lipinski definition) is 1. The molecule has 1 saturated heterocycles. The number of carbonyl (C=O) groups is 2. The highest BCUT2D eigenvalue weighted by Gasteiger charge is 2.41. The molecule has 8 nitrogen and oxygen atoms in total. The molecule has 1 unspecified atom stereocenters. The van der Waals surface area contributed by atoms with Gasteiger partial charge in [0.25, 0.3) is 0 Å². The molecule has 2 aromatic heterocycles. The number of rotatable bonds is 4. The second-order valence-electron chi connectivity index (χ2n) is 5.91. The number of nitrogens with one attached hydrogen (secondary N) is 1. The summed E-state index contributed by atoms with van der Waals surface area (Å²) in [7, 11) is 0. The van der Waals surface area contributed by atoms with E-state index in [1.54, 1.807) is 24.7 Å². The summed E-state index contributed by atoms with van der Waals surface area (Å²) in [6.45, 7) is 0.528. The van der Waals surface area contributed by atoms with Gasteiger partial charge in [-0.05, 0) is 25.0 Å². The largest absolute Gasteiger partial charge is 0.339 e. The van der Waals surface area contributed by atoms with Crippen LogP contribution in [0.1, 0.15) is 19.3 Å². The maximum atomic E-state index is 12.3. The van der Waals surface area contributed by atoms with E-state index in [0.717, 1.165) is 12.8 Å². The van der Waals surface area contributed by atoms with Crippen molar-refractivity contribution in [2.24, 2.45) is 5.92 Å². The Morgan fingerprint density at radius 1 is 1.30 bits per heavy atom. The summed E-state index contributed by atoms with van der Waals surface area (Å²) >= 11 is 0. The molecule has 0 bridgehead atoms. The van der Waals surface area contributed by atoms with E-state index in [2.05, 4.69) is 20.4 Å². The molecule has 2 aliphatic rings. The van der Waals surface area contributed by atoms with E-state index in [4.69, 9.17) is 0 Å². The Labute approximate surface area is 132 Å². The summed E-state index contributed by atoms with van der Waals surface area (Å²) in [5.74, 6) is 0.304. The highest BCUT2D eigenvalue weighted by Crippen LogP contribution is 2.32. The number of amides is 2. The lowest BCUT2D eigenvalue weighted by Gasteiger charge is -2.15. The van der Waals surface area contributed by atoms with Gasteiger partial charge in [-0.25, -0.2) is 14.6 Å². The predicted molar refractivity (Wildman–Crippen MR) is 80.6 cm³/mol. The smallest absolute Gasteiger partial charge is 0.229 e. The van der Waals surface area contributed by atoms with Crippen LogP contribution in [0.15, 0.2) is 31.0 Å². The van der Waals surface area contributed by atoms with Crippen LogP contribution < -0.4 is 5.32 Å². The second-order valence-corrected chi connectivity index (χ2v) is 5.91. The molecule has 3 heterocycles. The Hall–Kier alpha value is -2.77. The minimum absolute atomic E-state index is 0.0901. The summed E-state index contributed by atoms with van der Waals surface area (Å²) in [6, 6.07) is 3.88. The standard InChI is InChI=1S/C15H16N6O2/c22-14-5-10(7-20(14)12-2-3-12)15(23)19-11-1-4-13(17-6-11)21-9-16-8-18-21/h1,4,6,8-10,12H,2-3,5,7H2,(H,19,23). The van der Waals surface area contributed by atoms with Crippen LogP contribution >= 0.6 is 0 Å². The Bertz CT molecular complexity index is 723. The van der Waals surface area contributed by atoms with Crippen molar-refractivity contribution in [1.29, 1.82) is 0 Å². The molecule has 23 heavy (non-hydrogen) atoms. The summed E-state index contributed by atoms with van der Waals surface area (Å²) in [5, 5.41) is 6.82. The SMILES string of the molecule is O=C(Nc1ccc(-n2cncn2)nc1)C1CC(=O)N(C2CC2)C1. The molecule has 2 aromatic rings. The highest BCUT2D eigenvalue weighted by atomic mass is 16.2. The minimum Gasteiger partial charge on any atom is -0.339 e. The van der Waals surface area contributed by atoms with Gasteiger partial charge in [-0.2, -0.15) is 5.10 Å². The molecule has 0 aromatic carbocycles. The van der Waals surface area contributed by atoms with E-state index in [9.17, 15) is 9.59 Å². The number of nitrogens with zero attached hydrogens (tertiary/aromatic N) is 5. The van der Waals surface area contributed by atoms with Crippen LogP contribution in [-0.2, 0) is 9.59 Å². The van der Waals surface area contributed by atoms with Gasteiger partial charge in [0.05, 0.1) is 17.8 Å². The molecule has 0 radical (unpaired) electrons. The maximum absolute atomic E-state index is 12.3. The van der Waals surface area contributed by atoms with Crippen LogP contribution in [0.4, 0.5) is 5.69 Å². The van der Waals surface area contributed by atoms with Crippen LogP contribution in [0.2, 0.25) is 0 Å². The van der Waals surface area contributed by atoms with E-state index < -0.39 is 0 Å². The highest BCUT2D eigenvalue weighted by molar-refractivity contribution is 5.97. The van der Waals surface area contributed by atoms with Gasteiger partial charge in [-0.1, -0.05) is 0 Å². The van der Waals surface area contributed by atoms with E-state index in [0.29, 0.717) is 30.5 Å². The summed E-state index contributed by atoms with van der Waals surface area (Å²) < 4.78 is 1.54. The van der Waals surface area contributed by atoms with Gasteiger partial charge in [0, 0.05) is 19.0 Å². The fraction of sp³-hybridized carbons (Fsp3) is 0.400. The van der Waals surface area contributed by atoms with Gasteiger partial charge in [-0.3, -0.25) is 9.59 Å². The van der Waals surface area contributed by atoms with Gasteiger partial charge in [0.1, 0.15) is 12.7 Å². The lowest BCUT2D eigenvalue weighted by Crippen LogP contribution is -2.29. The Balaban J connectivity index is 1.40. The number of anilines is 1. The number of likely N-dealkylation sites (tertiary alicyclic amines) is 1. The first-order valence-corrected chi connectivity index (χ1v) is 7.62. The average Bonchev–Trinajstić information content (AvgIpc) is 3.09. The predicted octanol–water partition coefficient (Wildman–Crippen LogP) is 0.612. The third-order valence-electron chi connectivity index (χ3n) is 4.19. The topological polar surface area (TPSA) is 93.0 Å². The Kier molecular flexibility index (Phi) is 3.29. The molecule has 1 atom stereocenters. The monoisotopic (exact) mass is 312 g/mol. The molecule has 8 heteroatoms. The van der Waals surface area contributed by atoms with Crippen LogP contribution in [0.5, 0.6) is 0 Å². The fourth-order valence-electron chi connectivity index (χ4n) is 2.81. The first kappa shape index (κ1) is 13.9. The molecular weight excluding hydrogens is 296 g/mol. The van der Waals surface area contributed by atoms with Gasteiger partial charge in [-0.15, -0.1) is 0 Å². The zero-order valence-corrected chi connectivity index (χ0v) is 12.4. The quantitative estimate of drug-likeness (QED) is 0.893. The van der Waals surface area contributed by atoms with Gasteiger partial charge in [0.2, 0.25) is 11.8 Å². The lowest BCUT2D eigenvalue weighted by molar-refractivity contribution is -0.128. The first-order chi connectivity index (χ1) is 11.2. The summed E-state index contributed by atoms with van der Waals surface area (Å²) in [6.07, 6.45) is 6.98. The van der Waals surface area contributed by atoms with Crippen molar-refractivity contribution < 1.29 is 9.59 Å². The summed E-state index contributed by atoms with van der Waals surface area (Å²) in [5.41, 5.74) is 0.608. The number of carbonyl (C=O) groups excluding carboxylic acids is 2. The van der Waals surface area contributed by atoms with Gasteiger partial charge >= 0.3 is 0 Å². The molecule has 1 aliphatic carbocycles. The zero-order chi connectivity index (χ0) is 15.8. The van der Waals surface area contributed by atoms with Crippen molar-refractivity contribution in [1.82, 2.24) is 24.6 Å². The normalized spacial score (nSPS) is 20.8. The van der Waals surface area contributed by atoms with Crippen molar-refractivity contribution in [2.45, 2.75) is 25.3 Å². The fourth-order valence-corrected chi connectivity index (χ4v) is 2.81. The molecule has 2 amide bonds. The van der Waals surface area contributed by atoms with Gasteiger partial charge < -0.3 is 10.2 Å². The third-order valence-corrected chi connectivity index (χ3v) is 4.19. The van der Waals surface area contributed by atoms with Gasteiger partial charge in [0.15, 0.2) is 5.82 Å². The third kappa shape index (κ3) is 2.79. The van der Waals surface area contributed by atoms with Crippen molar-refractivity contribution in [3.05, 3.63) is 31.0 Å². The average molecular weight is 312 g/mol. The first-order valence-electron chi connectivity index (χ1n) is 7.62. The lowest BCUT2D eigenvalue weighted by atomic mass is 10.1. The van der Waals surface area contributed by atoms with Crippen LogP contribution in [-0.4, -0.2) is 49.0 Å². The molecule has 4 rings (SSSR count). The number of hydrogen-bond acceptors (Lipinski definition) is 5. The molecule has 118 valence electrons. The number of pyridine rings is 1. The van der Waals surface area contributed by atoms with Crippen molar-refractivity contribution in [3.63, 3.8) is 0 Å². The molecular formula is C15H16N6O2. The van der Waals surface area contributed by atoms with E-state index in [-0.39, 0.29) is 17.7 Å². The molecule has 1 N–H and O–H groups in total. The zero-order valence-electron chi connectivity index (χ0n) is 12.4. The second kappa shape index (κ2) is 5.45. The van der Waals surface area contributed by atoms with Crippen LogP contribution in [0, 0.1) is 5.92 Å². The number of aromatic nitrogens is 4. The molecule has 2 fully saturated rings. The van der Waals surface area contributed by atoms with Crippen molar-refractivity contribution in [2.75, 3.05) is 11.9 Å². The summed E-state index contributed by atoms with van der Waals surface area (Å²) in [4.78, 5) is 34.2. The van der Waals surface area contributed by atoms with E-state index >= 15 is 0 Å². The maximum Gasteiger partial charge on any atom is 0.229 e. The minimum atomic E-state index is -0.280. The van der Waals surface area contributed by atoms with Crippen LogP contribution in [0.25, 0.3) is 5.82 Å². The molecule has 1 aliphatic heterocycles. The van der Waals surface area contributed by atoms with Crippen LogP contribution in [0.3, 0.4) is 0 Å². The Morgan fingerprint density at radius 3 is 2.83 bits per heavy atom. The van der Waals surface area contributed by atoms with Crippen molar-refractivity contribution in [3.8, 4) is 5.82 Å².